The number of allylic oxidation sites excluding steroid dienone is 14. The highest BCUT2D eigenvalue weighted by molar-refractivity contribution is 7.47. The van der Waals surface area contributed by atoms with Crippen molar-refractivity contribution in [2.24, 2.45) is 5.73 Å². The number of phosphoric ester groups is 1. The molecule has 9 nitrogen and oxygen atoms in total. The van der Waals surface area contributed by atoms with Gasteiger partial charge in [-0.25, -0.2) is 4.57 Å². The Morgan fingerprint density at radius 1 is 0.534 bits per heavy atom. The van der Waals surface area contributed by atoms with Gasteiger partial charge in [-0.2, -0.15) is 0 Å². The number of hydrogen-bond donors (Lipinski definition) is 2. The van der Waals surface area contributed by atoms with Crippen molar-refractivity contribution in [3.05, 3.63) is 85.1 Å². The molecule has 10 heteroatoms. The third-order valence-electron chi connectivity index (χ3n) is 9.02. The molecule has 0 aliphatic rings. The summed E-state index contributed by atoms with van der Waals surface area (Å²) in [6.07, 6.45) is 54.7. The molecule has 0 radical (unpaired) electrons. The summed E-state index contributed by atoms with van der Waals surface area (Å²) < 4.78 is 32.8. The number of unbranched alkanes of at least 4 members (excludes halogenated alkanes) is 14. The van der Waals surface area contributed by atoms with Gasteiger partial charge in [0.25, 0.3) is 0 Å². The summed E-state index contributed by atoms with van der Waals surface area (Å²) in [5.74, 6) is -0.882. The summed E-state index contributed by atoms with van der Waals surface area (Å²) in [6, 6.07) is 0. The van der Waals surface area contributed by atoms with Crippen LogP contribution < -0.4 is 5.73 Å². The Bertz CT molecular complexity index is 1220. The molecule has 0 spiro atoms. The second kappa shape index (κ2) is 43.8. The largest absolute Gasteiger partial charge is 0.472 e. The number of esters is 2. The molecule has 0 heterocycles. The molecule has 0 saturated carbocycles. The highest BCUT2D eigenvalue weighted by atomic mass is 31.2. The molecular formula is C48H82NO8P. The van der Waals surface area contributed by atoms with Gasteiger partial charge in [0.05, 0.1) is 13.2 Å². The van der Waals surface area contributed by atoms with E-state index < -0.39 is 32.5 Å². The molecule has 58 heavy (non-hydrogen) atoms. The third kappa shape index (κ3) is 42.8. The Kier molecular flexibility index (Phi) is 41.6. The molecule has 0 fully saturated rings. The minimum absolute atomic E-state index is 0.0419. The first kappa shape index (κ1) is 55.2. The fourth-order valence-corrected chi connectivity index (χ4v) is 6.45. The van der Waals surface area contributed by atoms with Gasteiger partial charge in [-0.3, -0.25) is 18.6 Å². The van der Waals surface area contributed by atoms with Crippen molar-refractivity contribution in [1.82, 2.24) is 0 Å². The molecular weight excluding hydrogens is 750 g/mol. The third-order valence-corrected chi connectivity index (χ3v) is 10.00. The summed E-state index contributed by atoms with van der Waals surface area (Å²) in [6.45, 7) is 3.54. The first-order chi connectivity index (χ1) is 28.3. The first-order valence-corrected chi connectivity index (χ1v) is 24.1. The zero-order chi connectivity index (χ0) is 42.5. The lowest BCUT2D eigenvalue weighted by atomic mass is 10.1. The summed E-state index contributed by atoms with van der Waals surface area (Å²) >= 11 is 0. The van der Waals surface area contributed by atoms with Crippen LogP contribution in [0.2, 0.25) is 0 Å². The predicted octanol–water partition coefficient (Wildman–Crippen LogP) is 13.2. The van der Waals surface area contributed by atoms with Gasteiger partial charge in [-0.15, -0.1) is 0 Å². The van der Waals surface area contributed by atoms with Crippen LogP contribution in [0.1, 0.15) is 174 Å². The van der Waals surface area contributed by atoms with E-state index in [0.29, 0.717) is 12.8 Å². The number of phosphoric acid groups is 1. The number of ether oxygens (including phenoxy) is 2. The lowest BCUT2D eigenvalue weighted by Crippen LogP contribution is -2.29. The van der Waals surface area contributed by atoms with Gasteiger partial charge >= 0.3 is 19.8 Å². The van der Waals surface area contributed by atoms with Crippen molar-refractivity contribution < 1.29 is 37.6 Å². The van der Waals surface area contributed by atoms with Crippen molar-refractivity contribution in [2.75, 3.05) is 26.4 Å². The molecule has 3 N–H and O–H groups in total. The molecule has 0 aromatic rings. The van der Waals surface area contributed by atoms with Gasteiger partial charge < -0.3 is 20.1 Å². The standard InChI is InChI=1S/C48H82NO8P/c1-3-5-7-9-11-13-15-17-19-21-23-25-27-29-31-33-35-37-39-41-48(51)57-46(45-56-58(52,53)55-43-42-49)44-54-47(50)40-38-36-34-32-30-28-26-24-22-20-18-16-14-12-10-8-6-4-2/h5,7,11,13-14,16-17,19-20,22-23,25,29,31,46H,3-4,6,8-10,12,15,18,21,24,26-28,30,32-45,49H2,1-2H3,(H,52,53)/b7-5-,13-11-,16-14-,19-17-,22-20-,25-23-,31-29-. The van der Waals surface area contributed by atoms with Crippen LogP contribution in [-0.2, 0) is 32.7 Å². The number of hydrogen-bond acceptors (Lipinski definition) is 8. The van der Waals surface area contributed by atoms with E-state index in [-0.39, 0.29) is 32.6 Å². The second-order valence-electron chi connectivity index (χ2n) is 14.5. The lowest BCUT2D eigenvalue weighted by molar-refractivity contribution is -0.161. The molecule has 0 saturated heterocycles. The maximum Gasteiger partial charge on any atom is 0.472 e. The van der Waals surface area contributed by atoms with E-state index in [4.69, 9.17) is 24.3 Å². The molecule has 0 aliphatic heterocycles. The zero-order valence-electron chi connectivity index (χ0n) is 36.5. The van der Waals surface area contributed by atoms with Crippen LogP contribution in [0.25, 0.3) is 0 Å². The van der Waals surface area contributed by atoms with Crippen molar-refractivity contribution in [3.8, 4) is 0 Å². The van der Waals surface area contributed by atoms with Crippen LogP contribution in [0.4, 0.5) is 0 Å². The topological polar surface area (TPSA) is 134 Å². The number of rotatable bonds is 41. The average Bonchev–Trinajstić information content (AvgIpc) is 3.21. The number of carbonyl (C=O) groups excluding carboxylic acids is 2. The summed E-state index contributed by atoms with van der Waals surface area (Å²) in [7, 11) is -4.40. The Hall–Kier alpha value is -2.81. The summed E-state index contributed by atoms with van der Waals surface area (Å²) in [5, 5.41) is 0. The molecule has 0 amide bonds. The van der Waals surface area contributed by atoms with Crippen molar-refractivity contribution in [2.45, 2.75) is 180 Å². The highest BCUT2D eigenvalue weighted by Gasteiger charge is 2.26. The second-order valence-corrected chi connectivity index (χ2v) is 16.0. The number of nitrogens with two attached hydrogens (primary N) is 1. The minimum Gasteiger partial charge on any atom is -0.462 e. The Labute approximate surface area is 354 Å². The zero-order valence-corrected chi connectivity index (χ0v) is 37.4. The molecule has 0 aliphatic carbocycles. The van der Waals surface area contributed by atoms with E-state index in [1.54, 1.807) is 0 Å². The SMILES string of the molecule is CC/C=C\C/C=C\C/C=C\C/C=C\C/C=C\CCCCCC(=O)OC(COC(=O)CCCCCCCCC/C=C\C/C=C\CCCCCC)COP(=O)(O)OCCN. The molecule has 332 valence electrons. The number of carbonyl (C=O) groups is 2. The van der Waals surface area contributed by atoms with Crippen molar-refractivity contribution in [3.63, 3.8) is 0 Å². The Morgan fingerprint density at radius 3 is 1.43 bits per heavy atom. The first-order valence-electron chi connectivity index (χ1n) is 22.6. The Morgan fingerprint density at radius 2 is 0.948 bits per heavy atom. The fourth-order valence-electron chi connectivity index (χ4n) is 5.69. The average molecular weight is 832 g/mol. The van der Waals surface area contributed by atoms with Crippen LogP contribution in [0, 0.1) is 0 Å². The van der Waals surface area contributed by atoms with E-state index in [9.17, 15) is 19.0 Å². The molecule has 0 rings (SSSR count). The van der Waals surface area contributed by atoms with Gasteiger partial charge in [-0.1, -0.05) is 157 Å². The maximum absolute atomic E-state index is 12.6. The minimum atomic E-state index is -4.40. The van der Waals surface area contributed by atoms with Crippen LogP contribution in [0.5, 0.6) is 0 Å². The van der Waals surface area contributed by atoms with E-state index in [2.05, 4.69) is 98.9 Å². The quantitative estimate of drug-likeness (QED) is 0.0267. The van der Waals surface area contributed by atoms with Crippen LogP contribution >= 0.6 is 7.82 Å². The fraction of sp³-hybridized carbons (Fsp3) is 0.667. The monoisotopic (exact) mass is 832 g/mol. The smallest absolute Gasteiger partial charge is 0.462 e. The molecule has 2 unspecified atom stereocenters. The predicted molar refractivity (Wildman–Crippen MR) is 242 cm³/mol. The highest BCUT2D eigenvalue weighted by Crippen LogP contribution is 2.43. The summed E-state index contributed by atoms with van der Waals surface area (Å²) in [5.41, 5.74) is 5.35. The van der Waals surface area contributed by atoms with E-state index in [1.807, 2.05) is 0 Å². The Balaban J connectivity index is 4.23. The summed E-state index contributed by atoms with van der Waals surface area (Å²) in [4.78, 5) is 34.9. The van der Waals surface area contributed by atoms with Crippen molar-refractivity contribution in [1.29, 1.82) is 0 Å². The van der Waals surface area contributed by atoms with E-state index in [0.717, 1.165) is 83.5 Å². The van der Waals surface area contributed by atoms with Crippen LogP contribution in [0.15, 0.2) is 85.1 Å². The van der Waals surface area contributed by atoms with Gasteiger partial charge in [0.2, 0.25) is 0 Å². The van der Waals surface area contributed by atoms with E-state index >= 15 is 0 Å². The molecule has 0 aromatic carbocycles. The van der Waals surface area contributed by atoms with E-state index in [1.165, 1.54) is 51.4 Å². The van der Waals surface area contributed by atoms with Gasteiger partial charge in [0, 0.05) is 19.4 Å². The molecule has 0 aromatic heterocycles. The van der Waals surface area contributed by atoms with Gasteiger partial charge in [0.1, 0.15) is 6.61 Å². The van der Waals surface area contributed by atoms with Gasteiger partial charge in [-0.05, 0) is 89.9 Å². The van der Waals surface area contributed by atoms with Crippen LogP contribution in [0.3, 0.4) is 0 Å². The lowest BCUT2D eigenvalue weighted by Gasteiger charge is -2.19. The van der Waals surface area contributed by atoms with Crippen molar-refractivity contribution >= 4 is 19.8 Å². The molecule has 0 bridgehead atoms. The van der Waals surface area contributed by atoms with Gasteiger partial charge in [0.15, 0.2) is 6.10 Å². The normalized spacial score (nSPS) is 14.1. The molecule has 2 atom stereocenters. The maximum atomic E-state index is 12.6. The van der Waals surface area contributed by atoms with Crippen LogP contribution in [-0.4, -0.2) is 49.3 Å².